The number of carbonyl (C=O) groups excluding carboxylic acids is 3. The Morgan fingerprint density at radius 3 is 2.64 bits per heavy atom. The first-order chi connectivity index (χ1) is 21.9. The number of nitrogens with one attached hydrogen (secondary N) is 1. The Morgan fingerprint density at radius 2 is 1.89 bits per heavy atom. The number of piperidine rings is 1. The topological polar surface area (TPSA) is 118 Å². The average molecular weight is 614 g/mol. The number of aliphatic hydroxyl groups excluding tert-OH is 1. The molecular weight excluding hydrogens is 574 g/mol. The largest absolute Gasteiger partial charge is 0.493 e. The van der Waals surface area contributed by atoms with Gasteiger partial charge in [0.1, 0.15) is 5.75 Å². The first kappa shape index (κ1) is 30.6. The average Bonchev–Trinajstić information content (AvgIpc) is 3.88. The van der Waals surface area contributed by atoms with E-state index in [-0.39, 0.29) is 50.1 Å². The summed E-state index contributed by atoms with van der Waals surface area (Å²) in [7, 11) is 1.53. The number of nitrogens with zero attached hydrogens (tertiary/aromatic N) is 2. The second-order valence-corrected chi connectivity index (χ2v) is 11.9. The summed E-state index contributed by atoms with van der Waals surface area (Å²) < 4.78 is 18.1. The highest BCUT2D eigenvalue weighted by Gasteiger charge is 2.53. The second kappa shape index (κ2) is 13.3. The molecule has 2 aliphatic heterocycles. The van der Waals surface area contributed by atoms with E-state index >= 15 is 0 Å². The first-order valence-corrected chi connectivity index (χ1v) is 15.5. The van der Waals surface area contributed by atoms with Crippen molar-refractivity contribution < 1.29 is 33.7 Å². The number of hydrogen-bond donors (Lipinski definition) is 2. The summed E-state index contributed by atoms with van der Waals surface area (Å²) in [6, 6.07) is 21.8. The minimum Gasteiger partial charge on any atom is -0.493 e. The highest BCUT2D eigenvalue weighted by Crippen LogP contribution is 2.50. The highest BCUT2D eigenvalue weighted by molar-refractivity contribution is 5.97. The Bertz CT molecular complexity index is 1540. The van der Waals surface area contributed by atoms with Gasteiger partial charge < -0.3 is 34.4 Å². The molecule has 0 aromatic heterocycles. The van der Waals surface area contributed by atoms with Crippen LogP contribution in [-0.2, 0) is 26.3 Å². The Hall–Kier alpha value is -4.41. The number of carbonyl (C=O) groups is 3. The van der Waals surface area contributed by atoms with Crippen LogP contribution in [-0.4, -0.2) is 84.7 Å². The van der Waals surface area contributed by atoms with Gasteiger partial charge in [-0.05, 0) is 67.1 Å². The molecule has 1 aliphatic carbocycles. The third-order valence-corrected chi connectivity index (χ3v) is 8.88. The predicted octanol–water partition coefficient (Wildman–Crippen LogP) is 3.66. The molecule has 3 amide bonds. The van der Waals surface area contributed by atoms with Gasteiger partial charge in [0, 0.05) is 31.8 Å². The van der Waals surface area contributed by atoms with Gasteiger partial charge in [-0.25, -0.2) is 0 Å². The van der Waals surface area contributed by atoms with Crippen molar-refractivity contribution in [2.75, 3.05) is 39.9 Å². The summed E-state index contributed by atoms with van der Waals surface area (Å²) in [6.45, 7) is 0.946. The molecular formula is C35H39N3O7. The number of hydrogen-bond acceptors (Lipinski definition) is 7. The maximum Gasteiger partial charge on any atom is 0.254 e. The minimum absolute atomic E-state index is 0.0773. The lowest BCUT2D eigenvalue weighted by Crippen LogP contribution is -2.59. The van der Waals surface area contributed by atoms with Crippen LogP contribution in [0.3, 0.4) is 0 Å². The molecule has 4 bridgehead atoms. The molecule has 45 heavy (non-hydrogen) atoms. The van der Waals surface area contributed by atoms with Crippen LogP contribution in [0.25, 0.3) is 0 Å². The van der Waals surface area contributed by atoms with Crippen molar-refractivity contribution in [3.05, 3.63) is 89.5 Å². The first-order valence-electron chi connectivity index (χ1n) is 15.5. The van der Waals surface area contributed by atoms with Crippen molar-refractivity contribution in [2.45, 2.75) is 49.9 Å². The summed E-state index contributed by atoms with van der Waals surface area (Å²) in [5.74, 6) is 0.716. The van der Waals surface area contributed by atoms with Crippen LogP contribution in [0.2, 0.25) is 0 Å². The number of fused-ring (bicyclic) bond motifs is 5. The molecule has 1 saturated heterocycles. The molecule has 0 unspecified atom stereocenters. The summed E-state index contributed by atoms with van der Waals surface area (Å²) >= 11 is 0. The molecule has 10 heteroatoms. The number of likely N-dealkylation sites (tertiary alicyclic amines) is 1. The molecule has 2 atom stereocenters. The molecule has 0 radical (unpaired) electrons. The third-order valence-electron chi connectivity index (χ3n) is 8.88. The summed E-state index contributed by atoms with van der Waals surface area (Å²) in [6.07, 6.45) is 2.11. The summed E-state index contributed by atoms with van der Waals surface area (Å²) in [5, 5.41) is 12.6. The minimum atomic E-state index is -0.511. The predicted molar refractivity (Wildman–Crippen MR) is 166 cm³/mol. The van der Waals surface area contributed by atoms with E-state index in [0.717, 1.165) is 24.0 Å². The van der Waals surface area contributed by atoms with Crippen molar-refractivity contribution >= 4 is 17.7 Å². The Morgan fingerprint density at radius 1 is 1.07 bits per heavy atom. The van der Waals surface area contributed by atoms with Crippen LogP contribution in [0.5, 0.6) is 17.2 Å². The lowest BCUT2D eigenvalue weighted by molar-refractivity contribution is -0.139. The van der Waals surface area contributed by atoms with Gasteiger partial charge in [0.05, 0.1) is 37.8 Å². The standard InChI is InChI=1S/C35H39N3O7/c1-43-30-12-11-25-20-31(30)45-27-10-5-7-24(19-27)23-44-29-13-17-38(34(42)35(14-15-35)26-8-3-2-4-9-26)21-28(29)36-32(40)22-37(33(25)41)16-6-18-39/h2-5,7-12,19-20,28-29,39H,6,13-18,21-23H2,1H3,(H,36,40)/t28-,29-/m0/s1. The number of amides is 3. The van der Waals surface area contributed by atoms with Crippen molar-refractivity contribution in [1.82, 2.24) is 15.1 Å². The molecule has 3 aromatic carbocycles. The number of rotatable bonds is 6. The summed E-state index contributed by atoms with van der Waals surface area (Å²) in [5.41, 5.74) is 1.72. The molecule has 10 nitrogen and oxygen atoms in total. The number of ether oxygens (including phenoxy) is 3. The molecule has 236 valence electrons. The van der Waals surface area contributed by atoms with Crippen LogP contribution in [0.15, 0.2) is 72.8 Å². The molecule has 2 heterocycles. The van der Waals surface area contributed by atoms with Crippen molar-refractivity contribution in [3.8, 4) is 17.2 Å². The fraction of sp³-hybridized carbons (Fsp3) is 0.400. The second-order valence-electron chi connectivity index (χ2n) is 11.9. The molecule has 6 rings (SSSR count). The lowest BCUT2D eigenvalue weighted by atomic mass is 9.92. The van der Waals surface area contributed by atoms with Gasteiger partial charge in [-0.15, -0.1) is 0 Å². The smallest absolute Gasteiger partial charge is 0.254 e. The summed E-state index contributed by atoms with van der Waals surface area (Å²) in [4.78, 5) is 44.4. The van der Waals surface area contributed by atoms with E-state index in [1.54, 1.807) is 18.2 Å². The Labute approximate surface area is 262 Å². The zero-order valence-electron chi connectivity index (χ0n) is 25.4. The Balaban J connectivity index is 1.28. The number of aliphatic hydroxyl groups is 1. The van der Waals surface area contributed by atoms with Crippen molar-refractivity contribution in [2.24, 2.45) is 0 Å². The number of benzene rings is 3. The molecule has 2 fully saturated rings. The fourth-order valence-corrected chi connectivity index (χ4v) is 6.30. The van der Waals surface area contributed by atoms with Gasteiger partial charge in [-0.2, -0.15) is 0 Å². The fourth-order valence-electron chi connectivity index (χ4n) is 6.30. The van der Waals surface area contributed by atoms with E-state index in [9.17, 15) is 19.5 Å². The number of methoxy groups -OCH3 is 1. The normalized spacial score (nSPS) is 21.3. The van der Waals surface area contributed by atoms with Gasteiger partial charge in [0.25, 0.3) is 5.91 Å². The van der Waals surface area contributed by atoms with Gasteiger partial charge in [-0.3, -0.25) is 14.4 Å². The zero-order chi connectivity index (χ0) is 31.4. The maximum absolute atomic E-state index is 13.9. The SMILES string of the molecule is COc1ccc2cc1Oc1cccc(c1)CO[C@H]1CCN(C(=O)C3(c4ccccc4)CC3)C[C@@H]1NC(=O)CN(CCCO)C2=O. The van der Waals surface area contributed by atoms with Crippen LogP contribution < -0.4 is 14.8 Å². The Kier molecular flexibility index (Phi) is 9.04. The van der Waals surface area contributed by atoms with E-state index in [0.29, 0.717) is 48.7 Å². The maximum atomic E-state index is 13.9. The zero-order valence-corrected chi connectivity index (χ0v) is 25.4. The van der Waals surface area contributed by atoms with Gasteiger partial charge in [-0.1, -0.05) is 42.5 Å². The van der Waals surface area contributed by atoms with Crippen molar-refractivity contribution in [1.29, 1.82) is 0 Å². The van der Waals surface area contributed by atoms with E-state index in [1.807, 2.05) is 59.5 Å². The van der Waals surface area contributed by atoms with E-state index in [1.165, 1.54) is 12.0 Å². The van der Waals surface area contributed by atoms with Gasteiger partial charge in [0.15, 0.2) is 11.5 Å². The van der Waals surface area contributed by atoms with Gasteiger partial charge >= 0.3 is 0 Å². The lowest BCUT2D eigenvalue weighted by Gasteiger charge is -2.40. The molecule has 1 saturated carbocycles. The highest BCUT2D eigenvalue weighted by atomic mass is 16.5. The van der Waals surface area contributed by atoms with Crippen LogP contribution in [0.4, 0.5) is 0 Å². The van der Waals surface area contributed by atoms with Gasteiger partial charge in [0.2, 0.25) is 11.8 Å². The third kappa shape index (κ3) is 6.67. The monoisotopic (exact) mass is 613 g/mol. The van der Waals surface area contributed by atoms with Crippen LogP contribution in [0, 0.1) is 0 Å². The van der Waals surface area contributed by atoms with E-state index in [2.05, 4.69) is 5.32 Å². The van der Waals surface area contributed by atoms with E-state index in [4.69, 9.17) is 14.2 Å². The molecule has 0 spiro atoms. The van der Waals surface area contributed by atoms with E-state index < -0.39 is 11.5 Å². The van der Waals surface area contributed by atoms with Crippen LogP contribution >= 0.6 is 0 Å². The molecule has 3 aromatic rings. The molecule has 2 N–H and O–H groups in total. The van der Waals surface area contributed by atoms with Crippen molar-refractivity contribution in [3.63, 3.8) is 0 Å². The molecule has 3 aliphatic rings. The quantitative estimate of drug-likeness (QED) is 0.436. The van der Waals surface area contributed by atoms with Crippen LogP contribution in [0.1, 0.15) is 47.2 Å².